The molecule has 7 aromatic carbocycles. The summed E-state index contributed by atoms with van der Waals surface area (Å²) in [6.07, 6.45) is 42.6. The number of hydrogen-bond acceptors (Lipinski definition) is 0. The summed E-state index contributed by atoms with van der Waals surface area (Å²) in [7, 11) is 0. The number of unbranched alkanes of at least 4 members (excludes halogenated alkanes) is 20. The fraction of sp³-hybridized carbons (Fsp3) is 0.449. The first-order valence-corrected chi connectivity index (χ1v) is 39.2. The van der Waals surface area contributed by atoms with Crippen molar-refractivity contribution in [2.45, 2.75) is 287 Å². The van der Waals surface area contributed by atoms with Crippen molar-refractivity contribution in [1.82, 2.24) is 0 Å². The zero-order chi connectivity index (χ0) is 69.0. The van der Waals surface area contributed by atoms with Gasteiger partial charge in [0.1, 0.15) is 0 Å². The molecule has 0 atom stereocenters. The largest absolute Gasteiger partial charge is 0.0654 e. The van der Waals surface area contributed by atoms with Crippen LogP contribution in [0.15, 0.2) is 133 Å². The quantitative estimate of drug-likeness (QED) is 0.0271. The number of aryl methyl sites for hydroxylation is 8. The van der Waals surface area contributed by atoms with E-state index in [1.807, 2.05) is 0 Å². The Morgan fingerprint density at radius 1 is 0.163 bits per heavy atom. The van der Waals surface area contributed by atoms with Crippen LogP contribution in [0.25, 0.3) is 0 Å². The van der Waals surface area contributed by atoms with Gasteiger partial charge in [-0.2, -0.15) is 0 Å². The summed E-state index contributed by atoms with van der Waals surface area (Å²) in [4.78, 5) is 0. The first kappa shape index (κ1) is 77.3. The minimum atomic E-state index is 0.979. The van der Waals surface area contributed by atoms with E-state index >= 15 is 0 Å². The molecule has 7 aromatic rings. The molecule has 0 heteroatoms. The highest BCUT2D eigenvalue weighted by Gasteiger charge is 2.14. The Kier molecular flexibility index (Phi) is 36.4. The van der Waals surface area contributed by atoms with Crippen molar-refractivity contribution < 1.29 is 0 Å². The van der Waals surface area contributed by atoms with Gasteiger partial charge in [0, 0.05) is 66.8 Å². The highest BCUT2D eigenvalue weighted by Crippen LogP contribution is 2.27. The predicted molar refractivity (Wildman–Crippen MR) is 425 cm³/mol. The second-order valence-electron chi connectivity index (χ2n) is 27.6. The second kappa shape index (κ2) is 46.2. The van der Waals surface area contributed by atoms with E-state index in [-0.39, 0.29) is 0 Å². The van der Waals surface area contributed by atoms with Crippen LogP contribution in [-0.4, -0.2) is 0 Å². The van der Waals surface area contributed by atoms with Crippen LogP contribution in [0.3, 0.4) is 0 Å². The van der Waals surface area contributed by atoms with Crippen molar-refractivity contribution in [3.05, 3.63) is 245 Å². The van der Waals surface area contributed by atoms with Crippen LogP contribution in [0.1, 0.15) is 346 Å². The summed E-state index contributed by atoms with van der Waals surface area (Å²) < 4.78 is 0. The molecular weight excluding hydrogens is 1180 g/mol. The van der Waals surface area contributed by atoms with E-state index in [1.165, 1.54) is 171 Å². The molecule has 0 saturated heterocycles. The summed E-state index contributed by atoms with van der Waals surface area (Å²) in [6, 6.07) is 49.1. The van der Waals surface area contributed by atoms with Crippen LogP contribution in [0.2, 0.25) is 0 Å². The maximum Gasteiger partial charge on any atom is 0.0284 e. The van der Waals surface area contributed by atoms with Gasteiger partial charge >= 0.3 is 0 Å². The molecule has 0 amide bonds. The maximum absolute atomic E-state index is 3.88. The highest BCUT2D eigenvalue weighted by atomic mass is 14.2. The normalized spacial score (nSPS) is 10.6. The minimum Gasteiger partial charge on any atom is -0.0654 e. The summed E-state index contributed by atoms with van der Waals surface area (Å²) >= 11 is 0. The molecule has 0 bridgehead atoms. The lowest BCUT2D eigenvalue weighted by Gasteiger charge is -2.13. The molecule has 7 rings (SSSR count). The average Bonchev–Trinajstić information content (AvgIpc) is 0.896. The summed E-state index contributed by atoms with van der Waals surface area (Å²) in [5, 5.41) is 0. The van der Waals surface area contributed by atoms with Gasteiger partial charge in [0.25, 0.3) is 0 Å². The van der Waals surface area contributed by atoms with E-state index in [9.17, 15) is 0 Å². The van der Waals surface area contributed by atoms with Gasteiger partial charge in [-0.1, -0.05) is 279 Å². The van der Waals surface area contributed by atoms with Crippen LogP contribution in [-0.2, 0) is 51.4 Å². The Balaban J connectivity index is 1.17. The van der Waals surface area contributed by atoms with Gasteiger partial charge in [0.2, 0.25) is 0 Å². The van der Waals surface area contributed by atoms with Crippen molar-refractivity contribution in [2.24, 2.45) is 0 Å². The number of hydrogen-bond donors (Lipinski definition) is 0. The number of benzene rings is 7. The smallest absolute Gasteiger partial charge is 0.0284 e. The molecule has 0 heterocycles. The Labute approximate surface area is 598 Å². The molecule has 0 aliphatic rings. The van der Waals surface area contributed by atoms with Crippen LogP contribution < -0.4 is 0 Å². The monoisotopic (exact) mass is 1290 g/mol. The van der Waals surface area contributed by atoms with Gasteiger partial charge < -0.3 is 0 Å². The molecule has 0 saturated carbocycles. The first-order valence-electron chi connectivity index (χ1n) is 39.2. The van der Waals surface area contributed by atoms with E-state index in [4.69, 9.17) is 0 Å². The molecule has 0 fully saturated rings. The predicted octanol–water partition coefficient (Wildman–Crippen LogP) is 25.5. The van der Waals surface area contributed by atoms with E-state index < -0.39 is 0 Å². The lowest BCUT2D eigenvalue weighted by atomic mass is 9.90. The molecule has 0 N–H and O–H groups in total. The van der Waals surface area contributed by atoms with E-state index in [1.54, 1.807) is 0 Å². The van der Waals surface area contributed by atoms with Crippen LogP contribution in [0.5, 0.6) is 0 Å². The molecule has 0 aromatic heterocycles. The Morgan fingerprint density at radius 3 is 0.561 bits per heavy atom. The van der Waals surface area contributed by atoms with E-state index in [0.29, 0.717) is 0 Å². The third-order valence-electron chi connectivity index (χ3n) is 19.1. The van der Waals surface area contributed by atoms with Crippen molar-refractivity contribution in [3.63, 3.8) is 0 Å². The Hall–Kier alpha value is -8.10. The third-order valence-corrected chi connectivity index (χ3v) is 19.1. The fourth-order valence-electron chi connectivity index (χ4n) is 12.8. The topological polar surface area (TPSA) is 0 Å². The van der Waals surface area contributed by atoms with Gasteiger partial charge in [-0.15, -0.1) is 0 Å². The summed E-state index contributed by atoms with van der Waals surface area (Å²) in [5.41, 5.74) is 23.7. The molecule has 0 spiro atoms. The zero-order valence-corrected chi connectivity index (χ0v) is 62.2. The molecule has 0 aliphatic heterocycles. The minimum absolute atomic E-state index is 0.979. The SMILES string of the molecule is CCCCCCCCc1ccc(C#Cc2ccc(C#Cc3cc(CCCC)c(C#Cc4cc(CCCCCC)c(C#Cc5cc(CCCC)c(C#Cc6ccc(C#Cc7ccc(CCCCCCCC)cc7)cc6)cc5CCCC)cc4CCCCCC)cc3CCCC)cc2)cc1. The molecule has 98 heavy (non-hydrogen) atoms. The molecule has 0 aliphatic carbocycles. The molecule has 0 unspecified atom stereocenters. The molecule has 0 nitrogen and oxygen atoms in total. The first-order chi connectivity index (χ1) is 48.3. The second-order valence-corrected chi connectivity index (χ2v) is 27.6. The van der Waals surface area contributed by atoms with Crippen LogP contribution in [0.4, 0.5) is 0 Å². The fourth-order valence-corrected chi connectivity index (χ4v) is 12.8. The third kappa shape index (κ3) is 28.0. The summed E-state index contributed by atoms with van der Waals surface area (Å²) in [5.74, 6) is 43.6. The van der Waals surface area contributed by atoms with Crippen molar-refractivity contribution in [2.75, 3.05) is 0 Å². The van der Waals surface area contributed by atoms with Gasteiger partial charge in [0.15, 0.2) is 0 Å². The maximum atomic E-state index is 3.88. The molecule has 510 valence electrons. The van der Waals surface area contributed by atoms with Crippen molar-refractivity contribution >= 4 is 0 Å². The van der Waals surface area contributed by atoms with Gasteiger partial charge in [-0.05, 0) is 256 Å². The average molecular weight is 1300 g/mol. The van der Waals surface area contributed by atoms with Crippen molar-refractivity contribution in [3.8, 4) is 71.0 Å². The van der Waals surface area contributed by atoms with E-state index in [2.05, 4.69) is 260 Å². The van der Waals surface area contributed by atoms with E-state index in [0.717, 1.165) is 171 Å². The standard InChI is InChI=1S/C98H118/c1-9-17-25-29-31-33-37-79-45-49-81(50-46-79)53-55-83-57-61-85(62-58-83)65-67-93-73-89(41-23-15-7)95(75-87(93)39-21-13-5)69-71-97-77-92(44-36-28-20-12-4)98(78-91(97)43-35-27-19-11-3)72-70-96-76-88(40-22-14-6)94(74-90(96)42-24-16-8)68-66-86-63-59-84(60-64-86)56-54-82-51-47-80(48-52-82)38-34-32-30-26-18-10-2/h45-52,57-64,73-78H,9-44H2,1-8H3. The molecule has 0 radical (unpaired) electrons. The Morgan fingerprint density at radius 2 is 0.327 bits per heavy atom. The lowest BCUT2D eigenvalue weighted by molar-refractivity contribution is 0.607. The van der Waals surface area contributed by atoms with Crippen LogP contribution >= 0.6 is 0 Å². The summed E-state index contributed by atoms with van der Waals surface area (Å²) in [6.45, 7) is 18.3. The lowest BCUT2D eigenvalue weighted by Crippen LogP contribution is -2.01. The van der Waals surface area contributed by atoms with Crippen molar-refractivity contribution in [1.29, 1.82) is 0 Å². The zero-order valence-electron chi connectivity index (χ0n) is 62.2. The van der Waals surface area contributed by atoms with Gasteiger partial charge in [-0.25, -0.2) is 0 Å². The van der Waals surface area contributed by atoms with Gasteiger partial charge in [0.05, 0.1) is 0 Å². The van der Waals surface area contributed by atoms with Gasteiger partial charge in [-0.3, -0.25) is 0 Å². The highest BCUT2D eigenvalue weighted by molar-refractivity contribution is 5.61. The molecular formula is C98H118. The number of rotatable bonds is 36. The Bertz CT molecular complexity index is 3640. The van der Waals surface area contributed by atoms with Crippen LogP contribution in [0, 0.1) is 71.0 Å².